The zero-order valence-electron chi connectivity index (χ0n) is 15.3. The Bertz CT molecular complexity index is 1070. The number of phenolic OH excluding ortho intramolecular Hbond substituents is 1. The maximum atomic E-state index is 12.8. The number of barbiturate groups is 1. The van der Waals surface area contributed by atoms with Crippen LogP contribution in [0.3, 0.4) is 0 Å². The minimum atomic E-state index is -0.992. The third-order valence-corrected chi connectivity index (χ3v) is 4.21. The number of carbonyl (C=O) groups is 3. The van der Waals surface area contributed by atoms with Gasteiger partial charge in [0.15, 0.2) is 11.5 Å². The Balaban J connectivity index is 2.11. The fourth-order valence-electron chi connectivity index (χ4n) is 2.73. The van der Waals surface area contributed by atoms with E-state index in [9.17, 15) is 29.6 Å². The van der Waals surface area contributed by atoms with E-state index in [1.54, 1.807) is 12.1 Å². The van der Waals surface area contributed by atoms with Gasteiger partial charge in [0.05, 0.1) is 23.8 Å². The smallest absolute Gasteiger partial charge is 0.335 e. The van der Waals surface area contributed by atoms with E-state index in [0.717, 1.165) is 28.7 Å². The fourth-order valence-corrected chi connectivity index (χ4v) is 2.73. The Morgan fingerprint density at radius 3 is 2.41 bits per heavy atom. The second-order valence-corrected chi connectivity index (χ2v) is 6.14. The van der Waals surface area contributed by atoms with Gasteiger partial charge in [-0.1, -0.05) is 17.7 Å². The lowest BCUT2D eigenvalue weighted by Crippen LogP contribution is -2.54. The molecule has 4 amide bonds. The molecule has 2 aromatic rings. The summed E-state index contributed by atoms with van der Waals surface area (Å²) in [5.74, 6) is -2.63. The van der Waals surface area contributed by atoms with Gasteiger partial charge in [0.2, 0.25) is 0 Å². The second-order valence-electron chi connectivity index (χ2n) is 6.14. The number of nitro groups is 1. The first-order valence-electron chi connectivity index (χ1n) is 8.26. The summed E-state index contributed by atoms with van der Waals surface area (Å²) >= 11 is 0. The molecule has 0 saturated carbocycles. The highest BCUT2D eigenvalue weighted by molar-refractivity contribution is 6.39. The van der Waals surface area contributed by atoms with Gasteiger partial charge < -0.3 is 9.84 Å². The number of urea groups is 1. The summed E-state index contributed by atoms with van der Waals surface area (Å²) in [6.07, 6.45) is 0.968. The van der Waals surface area contributed by atoms with Gasteiger partial charge in [-0.3, -0.25) is 25.0 Å². The number of rotatable bonds is 4. The summed E-state index contributed by atoms with van der Waals surface area (Å²) < 4.78 is 4.90. The summed E-state index contributed by atoms with van der Waals surface area (Å²) in [5, 5.41) is 23.4. The van der Waals surface area contributed by atoms with Crippen LogP contribution in [0.1, 0.15) is 11.1 Å². The minimum absolute atomic E-state index is 0.187. The lowest BCUT2D eigenvalue weighted by atomic mass is 10.0. The van der Waals surface area contributed by atoms with E-state index in [1.165, 1.54) is 19.2 Å². The number of ether oxygens (including phenoxy) is 1. The Kier molecular flexibility index (Phi) is 5.01. The summed E-state index contributed by atoms with van der Waals surface area (Å²) in [6.45, 7) is 1.83. The molecule has 0 radical (unpaired) electrons. The van der Waals surface area contributed by atoms with Gasteiger partial charge in [-0.05, 0) is 25.1 Å². The normalized spacial score (nSPS) is 15.4. The molecule has 0 atom stereocenters. The van der Waals surface area contributed by atoms with Crippen LogP contribution in [0, 0.1) is 17.0 Å². The van der Waals surface area contributed by atoms with Crippen molar-refractivity contribution in [1.82, 2.24) is 5.32 Å². The van der Waals surface area contributed by atoms with Crippen molar-refractivity contribution in [3.05, 3.63) is 63.2 Å². The van der Waals surface area contributed by atoms with E-state index in [0.29, 0.717) is 0 Å². The molecule has 0 aliphatic carbocycles. The van der Waals surface area contributed by atoms with E-state index in [4.69, 9.17) is 4.74 Å². The molecule has 10 heteroatoms. The largest absolute Gasteiger partial charge is 0.504 e. The van der Waals surface area contributed by atoms with Crippen LogP contribution >= 0.6 is 0 Å². The molecule has 1 aliphatic rings. The van der Waals surface area contributed by atoms with Crippen molar-refractivity contribution in [1.29, 1.82) is 0 Å². The molecule has 1 heterocycles. The highest BCUT2D eigenvalue weighted by Crippen LogP contribution is 2.36. The standard InChI is InChI=1S/C19H15N3O7/c1-10-3-5-12(6-4-10)21-18(25)14(17(24)20-19(21)26)8-11-7-13(22(27)28)9-15(29-2)16(11)23/h3-9,23H,1-2H3,(H,20,24,26). The first-order valence-corrected chi connectivity index (χ1v) is 8.26. The molecule has 29 heavy (non-hydrogen) atoms. The number of phenols is 1. The van der Waals surface area contributed by atoms with Crippen LogP contribution in [0.4, 0.5) is 16.2 Å². The number of hydrogen-bond donors (Lipinski definition) is 2. The average Bonchev–Trinajstić information content (AvgIpc) is 2.67. The summed E-state index contributed by atoms with van der Waals surface area (Å²) in [7, 11) is 1.20. The van der Waals surface area contributed by atoms with Crippen LogP contribution in [0.5, 0.6) is 11.5 Å². The lowest BCUT2D eigenvalue weighted by molar-refractivity contribution is -0.385. The zero-order valence-corrected chi connectivity index (χ0v) is 15.3. The van der Waals surface area contributed by atoms with Crippen LogP contribution < -0.4 is 15.0 Å². The highest BCUT2D eigenvalue weighted by Gasteiger charge is 2.37. The number of aryl methyl sites for hydroxylation is 1. The van der Waals surface area contributed by atoms with Gasteiger partial charge >= 0.3 is 6.03 Å². The molecule has 0 unspecified atom stereocenters. The van der Waals surface area contributed by atoms with Gasteiger partial charge in [-0.2, -0.15) is 0 Å². The van der Waals surface area contributed by atoms with E-state index < -0.39 is 39.8 Å². The van der Waals surface area contributed by atoms with Crippen molar-refractivity contribution in [3.63, 3.8) is 0 Å². The number of amides is 4. The van der Waals surface area contributed by atoms with E-state index in [-0.39, 0.29) is 17.0 Å². The van der Waals surface area contributed by atoms with Gasteiger partial charge in [0.1, 0.15) is 5.57 Å². The molecule has 1 aliphatic heterocycles. The number of nitro benzene ring substituents is 1. The SMILES string of the molecule is COc1cc([N+](=O)[O-])cc(C=C2C(=O)NC(=O)N(c3ccc(C)cc3)C2=O)c1O. The van der Waals surface area contributed by atoms with Crippen molar-refractivity contribution in [2.75, 3.05) is 12.0 Å². The van der Waals surface area contributed by atoms with Crippen molar-refractivity contribution >= 4 is 35.3 Å². The van der Waals surface area contributed by atoms with E-state index in [2.05, 4.69) is 0 Å². The van der Waals surface area contributed by atoms with E-state index >= 15 is 0 Å². The van der Waals surface area contributed by atoms with Gasteiger partial charge in [-0.15, -0.1) is 0 Å². The Labute approximate surface area is 164 Å². The first-order chi connectivity index (χ1) is 13.7. The summed E-state index contributed by atoms with van der Waals surface area (Å²) in [6, 6.07) is 7.50. The number of benzene rings is 2. The summed E-state index contributed by atoms with van der Waals surface area (Å²) in [5.41, 5.74) is 0.0498. The number of aromatic hydroxyl groups is 1. The second kappa shape index (κ2) is 7.43. The third kappa shape index (κ3) is 3.63. The quantitative estimate of drug-likeness (QED) is 0.349. The topological polar surface area (TPSA) is 139 Å². The van der Waals surface area contributed by atoms with Gasteiger partial charge in [-0.25, -0.2) is 9.69 Å². The number of carbonyl (C=O) groups excluding carboxylic acids is 3. The third-order valence-electron chi connectivity index (χ3n) is 4.21. The maximum Gasteiger partial charge on any atom is 0.335 e. The number of anilines is 1. The molecule has 1 fully saturated rings. The van der Waals surface area contributed by atoms with Crippen molar-refractivity contribution in [3.8, 4) is 11.5 Å². The molecule has 2 N–H and O–H groups in total. The first kappa shape index (κ1) is 19.5. The molecular formula is C19H15N3O7. The zero-order chi connectivity index (χ0) is 21.3. The van der Waals surface area contributed by atoms with Crippen LogP contribution in [0.25, 0.3) is 6.08 Å². The Hall–Kier alpha value is -4.21. The van der Waals surface area contributed by atoms with Crippen molar-refractivity contribution in [2.24, 2.45) is 0 Å². The van der Waals surface area contributed by atoms with Gasteiger partial charge in [0, 0.05) is 11.6 Å². The van der Waals surface area contributed by atoms with E-state index in [1.807, 2.05) is 12.2 Å². The number of non-ortho nitro benzene ring substituents is 1. The highest BCUT2D eigenvalue weighted by atomic mass is 16.6. The van der Waals surface area contributed by atoms with Crippen LogP contribution in [-0.2, 0) is 9.59 Å². The van der Waals surface area contributed by atoms with Gasteiger partial charge in [0.25, 0.3) is 17.5 Å². The Morgan fingerprint density at radius 2 is 1.83 bits per heavy atom. The Morgan fingerprint density at radius 1 is 1.17 bits per heavy atom. The van der Waals surface area contributed by atoms with Crippen molar-refractivity contribution < 1.29 is 29.2 Å². The molecule has 10 nitrogen and oxygen atoms in total. The predicted octanol–water partition coefficient (Wildman–Crippen LogP) is 2.28. The maximum absolute atomic E-state index is 12.8. The van der Waals surface area contributed by atoms with Crippen LogP contribution in [0.2, 0.25) is 0 Å². The minimum Gasteiger partial charge on any atom is -0.504 e. The number of nitrogens with zero attached hydrogens (tertiary/aromatic N) is 2. The fraction of sp³-hybridized carbons (Fsp3) is 0.105. The molecule has 0 bridgehead atoms. The molecule has 148 valence electrons. The number of imide groups is 2. The van der Waals surface area contributed by atoms with Crippen LogP contribution in [-0.4, -0.2) is 35.0 Å². The summed E-state index contributed by atoms with van der Waals surface area (Å²) in [4.78, 5) is 48.4. The van der Waals surface area contributed by atoms with Crippen LogP contribution in [0.15, 0.2) is 42.0 Å². The predicted molar refractivity (Wildman–Crippen MR) is 101 cm³/mol. The number of hydrogen-bond acceptors (Lipinski definition) is 7. The molecule has 1 saturated heterocycles. The monoisotopic (exact) mass is 397 g/mol. The van der Waals surface area contributed by atoms with Crippen molar-refractivity contribution in [2.45, 2.75) is 6.92 Å². The molecular weight excluding hydrogens is 382 g/mol. The molecule has 0 spiro atoms. The number of nitrogens with one attached hydrogen (secondary N) is 1. The molecule has 3 rings (SSSR count). The number of methoxy groups -OCH3 is 1. The molecule has 0 aromatic heterocycles. The lowest BCUT2D eigenvalue weighted by Gasteiger charge is -2.26. The average molecular weight is 397 g/mol. The molecule has 2 aromatic carbocycles.